The van der Waals surface area contributed by atoms with Crippen LogP contribution in [0.1, 0.15) is 11.3 Å². The van der Waals surface area contributed by atoms with Gasteiger partial charge in [0, 0.05) is 44.8 Å². The highest BCUT2D eigenvalue weighted by atomic mass is 35.5. The van der Waals surface area contributed by atoms with Crippen molar-refractivity contribution < 1.29 is 4.39 Å². The third-order valence-corrected chi connectivity index (χ3v) is 4.46. The zero-order valence-electron chi connectivity index (χ0n) is 13.5. The third-order valence-electron chi connectivity index (χ3n) is 4.15. The molecule has 0 bridgehead atoms. The molecule has 23 heavy (non-hydrogen) atoms. The van der Waals surface area contributed by atoms with Crippen molar-refractivity contribution in [3.05, 3.63) is 52.6 Å². The Balaban J connectivity index is 1.78. The molecule has 0 saturated carbocycles. The lowest BCUT2D eigenvalue weighted by Gasteiger charge is -2.25. The fraction of sp³-hybridized carbons (Fsp3) is 0.471. The van der Waals surface area contributed by atoms with Gasteiger partial charge in [-0.25, -0.2) is 4.39 Å². The van der Waals surface area contributed by atoms with Crippen molar-refractivity contribution in [2.45, 2.75) is 19.6 Å². The molecule has 1 aromatic carbocycles. The molecule has 1 aromatic heterocycles. The highest BCUT2D eigenvalue weighted by Gasteiger charge is 2.23. The molecule has 0 amide bonds. The number of aromatic nitrogens is 2. The van der Waals surface area contributed by atoms with Crippen molar-refractivity contribution in [3.63, 3.8) is 0 Å². The Morgan fingerprint density at radius 1 is 1.30 bits per heavy atom. The van der Waals surface area contributed by atoms with Crippen molar-refractivity contribution >= 4 is 11.6 Å². The van der Waals surface area contributed by atoms with E-state index in [0.29, 0.717) is 12.5 Å². The first kappa shape index (κ1) is 16.4. The molecule has 1 aliphatic rings. The van der Waals surface area contributed by atoms with Crippen LogP contribution in [0.15, 0.2) is 30.5 Å². The van der Waals surface area contributed by atoms with Gasteiger partial charge in [-0.3, -0.25) is 9.58 Å². The number of rotatable bonds is 4. The van der Waals surface area contributed by atoms with Crippen molar-refractivity contribution in [1.29, 1.82) is 0 Å². The Hall–Kier alpha value is -1.43. The van der Waals surface area contributed by atoms with Crippen molar-refractivity contribution in [2.75, 3.05) is 27.2 Å². The molecule has 1 unspecified atom stereocenters. The predicted octanol–water partition coefficient (Wildman–Crippen LogP) is 2.87. The molecule has 2 heterocycles. The minimum atomic E-state index is -0.353. The summed E-state index contributed by atoms with van der Waals surface area (Å²) in [5.74, 6) is 0.136. The number of hydrogen-bond acceptors (Lipinski definition) is 3. The lowest BCUT2D eigenvalue weighted by Crippen LogP contribution is -2.33. The van der Waals surface area contributed by atoms with E-state index in [1.807, 2.05) is 12.3 Å². The maximum atomic E-state index is 13.7. The van der Waals surface area contributed by atoms with Gasteiger partial charge in [-0.15, -0.1) is 0 Å². The lowest BCUT2D eigenvalue weighted by atomic mass is 10.1. The van der Waals surface area contributed by atoms with Crippen LogP contribution in [0.25, 0.3) is 0 Å². The fourth-order valence-corrected chi connectivity index (χ4v) is 3.39. The Morgan fingerprint density at radius 3 is 2.87 bits per heavy atom. The first-order chi connectivity index (χ1) is 11.0. The Labute approximate surface area is 141 Å². The van der Waals surface area contributed by atoms with E-state index in [4.69, 9.17) is 11.6 Å². The summed E-state index contributed by atoms with van der Waals surface area (Å²) in [6, 6.07) is 7.12. The van der Waals surface area contributed by atoms with Gasteiger partial charge >= 0.3 is 0 Å². The third kappa shape index (κ3) is 4.10. The lowest BCUT2D eigenvalue weighted by molar-refractivity contribution is 0.193. The molecule has 1 atom stereocenters. The highest BCUT2D eigenvalue weighted by Crippen LogP contribution is 2.21. The SMILES string of the molecule is CN(C)CC1CN(Cc2ccc(Cl)c(F)c2)Cc2ccnn2C1. The maximum Gasteiger partial charge on any atom is 0.142 e. The van der Waals surface area contributed by atoms with Crippen LogP contribution < -0.4 is 0 Å². The number of nitrogens with zero attached hydrogens (tertiary/aromatic N) is 4. The summed E-state index contributed by atoms with van der Waals surface area (Å²) in [5, 5.41) is 4.61. The van der Waals surface area contributed by atoms with Crippen LogP contribution >= 0.6 is 11.6 Å². The summed E-state index contributed by atoms with van der Waals surface area (Å²) in [6.07, 6.45) is 1.85. The van der Waals surface area contributed by atoms with Crippen LogP contribution in [0.2, 0.25) is 5.02 Å². The van der Waals surface area contributed by atoms with E-state index >= 15 is 0 Å². The standard InChI is InChI=1S/C17H22ClFN4/c1-21(2)8-14-10-22(12-15-5-6-20-23(15)11-14)9-13-3-4-16(18)17(19)7-13/h3-7,14H,8-12H2,1-2H3. The van der Waals surface area contributed by atoms with Gasteiger partial charge in [-0.05, 0) is 37.9 Å². The number of benzene rings is 1. The first-order valence-electron chi connectivity index (χ1n) is 7.83. The molecular formula is C17H22ClFN4. The molecule has 0 aliphatic carbocycles. The average Bonchev–Trinajstić information content (AvgIpc) is 2.82. The van der Waals surface area contributed by atoms with E-state index in [9.17, 15) is 4.39 Å². The van der Waals surface area contributed by atoms with E-state index in [0.717, 1.165) is 31.7 Å². The zero-order chi connectivity index (χ0) is 16.4. The average molecular weight is 337 g/mol. The van der Waals surface area contributed by atoms with Crippen molar-refractivity contribution in [2.24, 2.45) is 5.92 Å². The van der Waals surface area contributed by atoms with Crippen molar-refractivity contribution in [1.82, 2.24) is 19.6 Å². The zero-order valence-corrected chi connectivity index (χ0v) is 14.3. The van der Waals surface area contributed by atoms with E-state index in [1.165, 1.54) is 11.8 Å². The van der Waals surface area contributed by atoms with Crippen LogP contribution in [0, 0.1) is 11.7 Å². The molecule has 0 fully saturated rings. The number of halogens is 2. The quantitative estimate of drug-likeness (QED) is 0.858. The monoisotopic (exact) mass is 336 g/mol. The summed E-state index contributed by atoms with van der Waals surface area (Å²) < 4.78 is 15.8. The second-order valence-corrected chi connectivity index (χ2v) is 6.96. The second kappa shape index (κ2) is 6.99. The smallest absolute Gasteiger partial charge is 0.142 e. The highest BCUT2D eigenvalue weighted by molar-refractivity contribution is 6.30. The molecule has 0 N–H and O–H groups in total. The minimum absolute atomic E-state index is 0.174. The first-order valence-corrected chi connectivity index (χ1v) is 8.21. The van der Waals surface area contributed by atoms with E-state index in [-0.39, 0.29) is 10.8 Å². The summed E-state index contributed by atoms with van der Waals surface area (Å²) in [6.45, 7) is 4.43. The minimum Gasteiger partial charge on any atom is -0.309 e. The van der Waals surface area contributed by atoms with Crippen LogP contribution in [0.5, 0.6) is 0 Å². The van der Waals surface area contributed by atoms with Gasteiger partial charge in [0.25, 0.3) is 0 Å². The van der Waals surface area contributed by atoms with Gasteiger partial charge in [0.1, 0.15) is 5.82 Å². The summed E-state index contributed by atoms with van der Waals surface area (Å²) in [5.41, 5.74) is 2.16. The molecule has 2 aromatic rings. The van der Waals surface area contributed by atoms with E-state index in [1.54, 1.807) is 6.07 Å². The van der Waals surface area contributed by atoms with Crippen LogP contribution in [0.3, 0.4) is 0 Å². The normalized spacial score (nSPS) is 18.9. The van der Waals surface area contributed by atoms with Crippen molar-refractivity contribution in [3.8, 4) is 0 Å². The largest absolute Gasteiger partial charge is 0.309 e. The summed E-state index contributed by atoms with van der Waals surface area (Å²) >= 11 is 5.78. The molecule has 124 valence electrons. The summed E-state index contributed by atoms with van der Waals surface area (Å²) in [7, 11) is 4.18. The summed E-state index contributed by atoms with van der Waals surface area (Å²) in [4.78, 5) is 4.57. The predicted molar refractivity (Wildman–Crippen MR) is 89.8 cm³/mol. The van der Waals surface area contributed by atoms with Gasteiger partial charge < -0.3 is 4.90 Å². The molecule has 0 radical (unpaired) electrons. The molecule has 6 heteroatoms. The van der Waals surface area contributed by atoms with Gasteiger partial charge in [-0.2, -0.15) is 5.10 Å². The molecule has 1 aliphatic heterocycles. The Morgan fingerprint density at radius 2 is 2.13 bits per heavy atom. The van der Waals surface area contributed by atoms with Gasteiger partial charge in [0.15, 0.2) is 0 Å². The fourth-order valence-electron chi connectivity index (χ4n) is 3.27. The number of fused-ring (bicyclic) bond motifs is 1. The Bertz CT molecular complexity index is 670. The topological polar surface area (TPSA) is 24.3 Å². The van der Waals surface area contributed by atoms with E-state index in [2.05, 4.69) is 39.7 Å². The molecule has 0 spiro atoms. The molecular weight excluding hydrogens is 315 g/mol. The number of hydrogen-bond donors (Lipinski definition) is 0. The maximum absolute atomic E-state index is 13.7. The molecule has 4 nitrogen and oxygen atoms in total. The van der Waals surface area contributed by atoms with Gasteiger partial charge in [-0.1, -0.05) is 17.7 Å². The second-order valence-electron chi connectivity index (χ2n) is 6.55. The van der Waals surface area contributed by atoms with E-state index < -0.39 is 0 Å². The molecule has 0 saturated heterocycles. The van der Waals surface area contributed by atoms with Gasteiger partial charge in [0.05, 0.1) is 10.7 Å². The van der Waals surface area contributed by atoms with Crippen LogP contribution in [-0.4, -0.2) is 46.8 Å². The van der Waals surface area contributed by atoms with Gasteiger partial charge in [0.2, 0.25) is 0 Å². The van der Waals surface area contributed by atoms with Crippen LogP contribution in [0.4, 0.5) is 4.39 Å². The Kier molecular flexibility index (Phi) is 4.99. The molecule has 3 rings (SSSR count). The van der Waals surface area contributed by atoms with Crippen LogP contribution in [-0.2, 0) is 19.6 Å².